The maximum atomic E-state index is 12.6. The molecule has 112 valence electrons. The molecule has 4 bridgehead atoms. The summed E-state index contributed by atoms with van der Waals surface area (Å²) < 4.78 is 23.0. The van der Waals surface area contributed by atoms with E-state index in [1.165, 1.54) is 32.1 Å². The maximum absolute atomic E-state index is 12.6. The predicted molar refractivity (Wildman–Crippen MR) is 75.7 cm³/mol. The number of rotatable bonds is 2. The first-order chi connectivity index (χ1) is 9.50. The van der Waals surface area contributed by atoms with E-state index in [9.17, 15) is 13.2 Å². The van der Waals surface area contributed by atoms with Gasteiger partial charge in [0.05, 0.1) is 11.5 Å². The van der Waals surface area contributed by atoms with Gasteiger partial charge in [-0.3, -0.25) is 4.79 Å². The maximum Gasteiger partial charge on any atom is 0.223 e. The molecule has 0 aromatic rings. The quantitative estimate of drug-likeness (QED) is 0.837. The van der Waals surface area contributed by atoms with Crippen molar-refractivity contribution in [1.29, 1.82) is 0 Å². The van der Waals surface area contributed by atoms with E-state index in [-0.39, 0.29) is 29.4 Å². The summed E-state index contributed by atoms with van der Waals surface area (Å²) in [4.78, 5) is 12.6. The molecule has 5 aliphatic rings. The minimum absolute atomic E-state index is 0.135. The zero-order valence-electron chi connectivity index (χ0n) is 11.8. The second-order valence-corrected chi connectivity index (χ2v) is 9.79. The van der Waals surface area contributed by atoms with E-state index in [0.717, 1.165) is 11.8 Å². The highest BCUT2D eigenvalue weighted by molar-refractivity contribution is 7.91. The van der Waals surface area contributed by atoms with Crippen molar-refractivity contribution < 1.29 is 13.2 Å². The average molecular weight is 297 g/mol. The lowest BCUT2D eigenvalue weighted by molar-refractivity contribution is -0.138. The largest absolute Gasteiger partial charge is 0.352 e. The van der Waals surface area contributed by atoms with Crippen molar-refractivity contribution in [2.75, 3.05) is 11.5 Å². The fraction of sp³-hybridized carbons (Fsp3) is 0.933. The molecule has 1 heterocycles. The first-order valence-corrected chi connectivity index (χ1v) is 9.83. The van der Waals surface area contributed by atoms with Gasteiger partial charge >= 0.3 is 0 Å². The second-order valence-electron chi connectivity index (χ2n) is 7.57. The third-order valence-corrected chi connectivity index (χ3v) is 7.88. The highest BCUT2D eigenvalue weighted by atomic mass is 32.2. The predicted octanol–water partition coefficient (Wildman–Crippen LogP) is 1.36. The molecule has 20 heavy (non-hydrogen) atoms. The molecule has 1 saturated heterocycles. The van der Waals surface area contributed by atoms with Crippen LogP contribution >= 0.6 is 0 Å². The van der Waals surface area contributed by atoms with Crippen LogP contribution in [0.2, 0.25) is 0 Å². The molecule has 0 spiro atoms. The molecule has 5 fully saturated rings. The molecule has 1 aliphatic heterocycles. The lowest BCUT2D eigenvalue weighted by atomic mass is 9.51. The first kappa shape index (κ1) is 13.1. The molecule has 4 saturated carbocycles. The Hall–Kier alpha value is -0.580. The summed E-state index contributed by atoms with van der Waals surface area (Å²) in [5, 5.41) is 3.04. The van der Waals surface area contributed by atoms with Gasteiger partial charge in [-0.2, -0.15) is 0 Å². The lowest BCUT2D eigenvalue weighted by Crippen LogP contribution is -2.52. The van der Waals surface area contributed by atoms with E-state index in [1.54, 1.807) is 0 Å². The van der Waals surface area contributed by atoms with Crippen LogP contribution in [0.15, 0.2) is 0 Å². The molecule has 0 aromatic carbocycles. The summed E-state index contributed by atoms with van der Waals surface area (Å²) in [6.45, 7) is 0. The van der Waals surface area contributed by atoms with Crippen molar-refractivity contribution in [3.8, 4) is 0 Å². The molecule has 1 amide bonds. The van der Waals surface area contributed by atoms with Crippen LogP contribution in [-0.4, -0.2) is 31.9 Å². The summed E-state index contributed by atoms with van der Waals surface area (Å²) in [6.07, 6.45) is 6.91. The summed E-state index contributed by atoms with van der Waals surface area (Å²) in [5.41, 5.74) is 0. The van der Waals surface area contributed by atoms with Gasteiger partial charge in [0.1, 0.15) is 0 Å². The highest BCUT2D eigenvalue weighted by Gasteiger charge is 2.51. The van der Waals surface area contributed by atoms with Crippen molar-refractivity contribution in [2.24, 2.45) is 29.6 Å². The summed E-state index contributed by atoms with van der Waals surface area (Å²) in [7, 11) is -2.91. The van der Waals surface area contributed by atoms with Crippen molar-refractivity contribution in [3.05, 3.63) is 0 Å². The van der Waals surface area contributed by atoms with Crippen molar-refractivity contribution >= 4 is 15.7 Å². The van der Waals surface area contributed by atoms with Gasteiger partial charge in [0.2, 0.25) is 5.91 Å². The fourth-order valence-corrected chi connectivity index (χ4v) is 7.23. The third kappa shape index (κ3) is 2.18. The van der Waals surface area contributed by atoms with E-state index in [0.29, 0.717) is 18.3 Å². The Labute approximate surface area is 120 Å². The fourth-order valence-electron chi connectivity index (χ4n) is 5.56. The minimum Gasteiger partial charge on any atom is -0.352 e. The van der Waals surface area contributed by atoms with Crippen LogP contribution in [0.3, 0.4) is 0 Å². The van der Waals surface area contributed by atoms with Crippen molar-refractivity contribution in [3.63, 3.8) is 0 Å². The van der Waals surface area contributed by atoms with Gasteiger partial charge < -0.3 is 5.32 Å². The van der Waals surface area contributed by atoms with Crippen LogP contribution in [0, 0.1) is 29.6 Å². The standard InChI is InChI=1S/C15H23NO3S/c17-15(16-13-1-2-20(18,19)8-13)14-11-4-9-3-10(6-11)7-12(14)5-9/h9-14H,1-8H2,(H,16,17)/t9?,10?,11?,12?,13-,14?/m0/s1. The van der Waals surface area contributed by atoms with E-state index >= 15 is 0 Å². The first-order valence-electron chi connectivity index (χ1n) is 8.01. The van der Waals surface area contributed by atoms with Gasteiger partial charge in [0, 0.05) is 12.0 Å². The van der Waals surface area contributed by atoms with Gasteiger partial charge in [-0.15, -0.1) is 0 Å². The van der Waals surface area contributed by atoms with Gasteiger partial charge in [-0.1, -0.05) is 0 Å². The molecular weight excluding hydrogens is 274 g/mol. The van der Waals surface area contributed by atoms with Crippen LogP contribution in [0.4, 0.5) is 0 Å². The van der Waals surface area contributed by atoms with Gasteiger partial charge in [-0.05, 0) is 62.2 Å². The monoisotopic (exact) mass is 297 g/mol. The van der Waals surface area contributed by atoms with Gasteiger partial charge in [-0.25, -0.2) is 8.42 Å². The Kier molecular flexibility index (Phi) is 2.92. The van der Waals surface area contributed by atoms with E-state index < -0.39 is 9.84 Å². The van der Waals surface area contributed by atoms with Gasteiger partial charge in [0.15, 0.2) is 9.84 Å². The normalized spacial score (nSPS) is 48.4. The number of hydrogen-bond donors (Lipinski definition) is 1. The van der Waals surface area contributed by atoms with E-state index in [2.05, 4.69) is 5.32 Å². The van der Waals surface area contributed by atoms with E-state index in [4.69, 9.17) is 0 Å². The van der Waals surface area contributed by atoms with Crippen molar-refractivity contribution in [2.45, 2.75) is 44.6 Å². The Morgan fingerprint density at radius 1 is 0.950 bits per heavy atom. The summed E-state index contributed by atoms with van der Waals surface area (Å²) >= 11 is 0. The molecular formula is C15H23NO3S. The van der Waals surface area contributed by atoms with Crippen LogP contribution < -0.4 is 5.32 Å². The molecule has 1 N–H and O–H groups in total. The smallest absolute Gasteiger partial charge is 0.223 e. The number of hydrogen-bond acceptors (Lipinski definition) is 3. The molecule has 0 unspecified atom stereocenters. The summed E-state index contributed by atoms with van der Waals surface area (Å²) in [6, 6.07) is -0.135. The SMILES string of the molecule is O=C(N[C@H]1CCS(=O)(=O)C1)C1C2CC3CC(C2)CC1C3. The number of amides is 1. The molecule has 5 rings (SSSR count). The number of nitrogens with one attached hydrogen (secondary N) is 1. The van der Waals surface area contributed by atoms with Crippen LogP contribution in [0.1, 0.15) is 38.5 Å². The molecule has 5 heteroatoms. The molecule has 0 aromatic heterocycles. The Bertz CT molecular complexity index is 499. The van der Waals surface area contributed by atoms with E-state index in [1.807, 2.05) is 0 Å². The minimum atomic E-state index is -2.91. The number of carbonyl (C=O) groups excluding carboxylic acids is 1. The topological polar surface area (TPSA) is 63.2 Å². The molecule has 0 radical (unpaired) electrons. The number of carbonyl (C=O) groups is 1. The van der Waals surface area contributed by atoms with Gasteiger partial charge in [0.25, 0.3) is 0 Å². The zero-order valence-corrected chi connectivity index (χ0v) is 12.6. The number of sulfone groups is 1. The zero-order chi connectivity index (χ0) is 13.9. The highest BCUT2D eigenvalue weighted by Crippen LogP contribution is 2.56. The van der Waals surface area contributed by atoms with Crippen LogP contribution in [-0.2, 0) is 14.6 Å². The molecule has 4 nitrogen and oxygen atoms in total. The Morgan fingerprint density at radius 3 is 2.05 bits per heavy atom. The third-order valence-electron chi connectivity index (χ3n) is 6.11. The average Bonchev–Trinajstić information content (AvgIpc) is 2.67. The molecule has 4 aliphatic carbocycles. The van der Waals surface area contributed by atoms with Crippen LogP contribution in [0.25, 0.3) is 0 Å². The van der Waals surface area contributed by atoms with Crippen molar-refractivity contribution in [1.82, 2.24) is 5.32 Å². The Morgan fingerprint density at radius 2 is 1.55 bits per heavy atom. The lowest BCUT2D eigenvalue weighted by Gasteiger charge is -2.53. The van der Waals surface area contributed by atoms with Crippen LogP contribution in [0.5, 0.6) is 0 Å². The summed E-state index contributed by atoms with van der Waals surface area (Å²) in [5.74, 6) is 3.59. The second kappa shape index (κ2) is 4.46. The Balaban J connectivity index is 1.44. The molecule has 1 atom stereocenters.